The van der Waals surface area contributed by atoms with E-state index in [4.69, 9.17) is 40.3 Å². The Kier molecular flexibility index (Phi) is 13.4. The molecule has 8 rings (SSSR count). The summed E-state index contributed by atoms with van der Waals surface area (Å²) in [6.45, 7) is 6.41. The summed E-state index contributed by atoms with van der Waals surface area (Å²) in [6.07, 6.45) is -2.17. The normalized spacial score (nSPS) is 15.7. The molecule has 1 saturated heterocycles. The lowest BCUT2D eigenvalue weighted by molar-refractivity contribution is -0.137. The van der Waals surface area contributed by atoms with Crippen LogP contribution in [0, 0.1) is 18.2 Å². The fourth-order valence-corrected chi connectivity index (χ4v) is 8.67. The van der Waals surface area contributed by atoms with E-state index in [2.05, 4.69) is 20.6 Å². The number of alkyl halides is 3. The summed E-state index contributed by atoms with van der Waals surface area (Å²) in [5.41, 5.74) is -1.19. The number of carboxylic acid groups (broad SMARTS) is 1. The van der Waals surface area contributed by atoms with E-state index in [1.54, 1.807) is 67.3 Å². The van der Waals surface area contributed by atoms with Crippen LogP contribution in [0.3, 0.4) is 0 Å². The van der Waals surface area contributed by atoms with Crippen LogP contribution in [0.25, 0.3) is 11.3 Å². The number of methoxy groups -OCH3 is 2. The summed E-state index contributed by atoms with van der Waals surface area (Å²) in [5.74, 6) is -0.477. The minimum Gasteiger partial charge on any atom is -0.497 e. The molecule has 1 unspecified atom stereocenters. The molecule has 1 amide bonds. The molecule has 0 bridgehead atoms. The van der Waals surface area contributed by atoms with Gasteiger partial charge in [0.15, 0.2) is 11.6 Å². The van der Waals surface area contributed by atoms with Gasteiger partial charge in [0, 0.05) is 43.5 Å². The zero-order valence-electron chi connectivity index (χ0n) is 37.3. The minimum atomic E-state index is -5.02. The van der Waals surface area contributed by atoms with Crippen LogP contribution < -0.4 is 29.7 Å². The largest absolute Gasteiger partial charge is 0.497 e. The Labute approximate surface area is 389 Å². The number of amides is 1. The number of aromatic nitrogens is 2. The Hall–Kier alpha value is -6.79. The van der Waals surface area contributed by atoms with Crippen molar-refractivity contribution in [3.8, 4) is 28.5 Å². The molecule has 2 aromatic heterocycles. The summed E-state index contributed by atoms with van der Waals surface area (Å²) in [6, 6.07) is 18.3. The average molecular weight is 946 g/mol. The Morgan fingerprint density at radius 1 is 1.03 bits per heavy atom. The van der Waals surface area contributed by atoms with E-state index in [1.807, 2.05) is 31.2 Å². The molecule has 0 aliphatic carbocycles. The molecule has 0 radical (unpaired) electrons. The molecule has 3 aromatic carbocycles. The molecule has 352 valence electrons. The van der Waals surface area contributed by atoms with Gasteiger partial charge in [-0.25, -0.2) is 24.1 Å². The number of amidine groups is 1. The van der Waals surface area contributed by atoms with E-state index in [0.717, 1.165) is 11.1 Å². The third-order valence-electron chi connectivity index (χ3n) is 12.0. The van der Waals surface area contributed by atoms with Crippen LogP contribution in [-0.4, -0.2) is 72.6 Å². The van der Waals surface area contributed by atoms with Crippen molar-refractivity contribution in [2.24, 2.45) is 10.4 Å². The van der Waals surface area contributed by atoms with Gasteiger partial charge in [0.1, 0.15) is 35.6 Å². The van der Waals surface area contributed by atoms with Gasteiger partial charge in [0.05, 0.1) is 66.2 Å². The van der Waals surface area contributed by atoms with E-state index < -0.39 is 51.7 Å². The SMILES string of the molecule is COc1ccc(CN(Cc2ccc(OC)cc2)c2cc(C)c(C(F)(F)F)c(-c3c(F)c4c5c(c3Cl)NCN=C5N(C(C)c3cccnc3NC(=O)O)C=C(OCC3(C)CCOCC3)O4)n2)cc1. The van der Waals surface area contributed by atoms with Crippen LogP contribution in [0.4, 0.5) is 39.7 Å². The standard InChI is InChI=1S/C48H48ClF4N7O7/c1-27-21-34(59(22-29-8-12-31(63-4)13-9-29)23-30-10-14-32(64-5)15-11-30)57-41(38(27)48(51,52)53)36-39(49)42-37-43(40(36)50)67-35(66-25-47(3)16-19-65-20-17-47)24-60(45(37)56-26-55-42)28(2)33-7-6-18-54-44(33)58-46(61)62/h6-15,18,21,24,28,55H,16-17,19-20,22-23,25-26H2,1-5H3,(H,54,58)(H,61,62). The van der Waals surface area contributed by atoms with Gasteiger partial charge in [-0.3, -0.25) is 5.32 Å². The molecule has 3 aliphatic heterocycles. The first-order valence-corrected chi connectivity index (χ1v) is 21.7. The zero-order valence-corrected chi connectivity index (χ0v) is 38.0. The topological polar surface area (TPSA) is 152 Å². The molecular weight excluding hydrogens is 898 g/mol. The van der Waals surface area contributed by atoms with Crippen LogP contribution >= 0.6 is 11.6 Å². The van der Waals surface area contributed by atoms with Crippen LogP contribution in [0.2, 0.25) is 5.02 Å². The summed E-state index contributed by atoms with van der Waals surface area (Å²) < 4.78 is 93.5. The van der Waals surface area contributed by atoms with Crippen molar-refractivity contribution in [3.63, 3.8) is 0 Å². The number of nitrogens with zero attached hydrogens (tertiary/aromatic N) is 5. The second kappa shape index (κ2) is 19.2. The molecule has 5 aromatic rings. The Balaban J connectivity index is 1.30. The Morgan fingerprint density at radius 2 is 1.67 bits per heavy atom. The van der Waals surface area contributed by atoms with E-state index >= 15 is 17.6 Å². The first kappa shape index (κ1) is 46.7. The number of halogens is 5. The lowest BCUT2D eigenvalue weighted by atomic mass is 9.83. The molecular formula is C48H48ClF4N7O7. The van der Waals surface area contributed by atoms with Gasteiger partial charge in [0.2, 0.25) is 0 Å². The molecule has 3 N–H and O–H groups in total. The molecule has 1 atom stereocenters. The zero-order chi connectivity index (χ0) is 47.6. The highest BCUT2D eigenvalue weighted by Crippen LogP contribution is 2.51. The highest BCUT2D eigenvalue weighted by atomic mass is 35.5. The fourth-order valence-electron chi connectivity index (χ4n) is 8.34. The molecule has 1 fully saturated rings. The number of ether oxygens (including phenoxy) is 5. The quantitative estimate of drug-likeness (QED) is 0.0909. The number of pyridine rings is 2. The van der Waals surface area contributed by atoms with Crippen LogP contribution in [0.1, 0.15) is 66.1 Å². The van der Waals surface area contributed by atoms with Crippen molar-refractivity contribution in [3.05, 3.63) is 129 Å². The highest BCUT2D eigenvalue weighted by Gasteiger charge is 2.43. The maximum Gasteiger partial charge on any atom is 0.418 e. The number of benzene rings is 3. The smallest absolute Gasteiger partial charge is 0.418 e. The van der Waals surface area contributed by atoms with Crippen molar-refractivity contribution in [2.75, 3.05) is 56.2 Å². The van der Waals surface area contributed by atoms with E-state index in [-0.39, 0.29) is 72.0 Å². The number of carbonyl (C=O) groups is 1. The van der Waals surface area contributed by atoms with Crippen molar-refractivity contribution in [1.29, 1.82) is 0 Å². The number of anilines is 3. The summed E-state index contributed by atoms with van der Waals surface area (Å²) in [4.78, 5) is 28.8. The molecule has 5 heterocycles. The number of rotatable bonds is 14. The van der Waals surface area contributed by atoms with E-state index in [9.17, 15) is 9.90 Å². The minimum absolute atomic E-state index is 0.00446. The van der Waals surface area contributed by atoms with Crippen molar-refractivity contribution >= 4 is 40.9 Å². The lowest BCUT2D eigenvalue weighted by Gasteiger charge is -2.33. The first-order valence-electron chi connectivity index (χ1n) is 21.3. The predicted molar refractivity (Wildman–Crippen MR) is 244 cm³/mol. The first-order chi connectivity index (χ1) is 32.1. The predicted octanol–water partition coefficient (Wildman–Crippen LogP) is 10.8. The van der Waals surface area contributed by atoms with Crippen LogP contribution in [-0.2, 0) is 28.7 Å². The van der Waals surface area contributed by atoms with Gasteiger partial charge >= 0.3 is 18.2 Å². The van der Waals surface area contributed by atoms with Crippen LogP contribution in [0.15, 0.2) is 90.1 Å². The number of aryl methyl sites for hydroxylation is 1. The second-order valence-corrected chi connectivity index (χ2v) is 17.1. The highest BCUT2D eigenvalue weighted by molar-refractivity contribution is 6.37. The molecule has 19 heteroatoms. The lowest BCUT2D eigenvalue weighted by Crippen LogP contribution is -2.34. The molecule has 14 nitrogen and oxygen atoms in total. The van der Waals surface area contributed by atoms with Gasteiger partial charge in [-0.1, -0.05) is 48.9 Å². The summed E-state index contributed by atoms with van der Waals surface area (Å²) >= 11 is 7.18. The van der Waals surface area contributed by atoms with Crippen LogP contribution in [0.5, 0.6) is 17.2 Å². The maximum atomic E-state index is 18.0. The number of hydrogen-bond donors (Lipinski definition) is 3. The molecule has 0 spiro atoms. The Bertz CT molecular complexity index is 2660. The van der Waals surface area contributed by atoms with E-state index in [0.29, 0.717) is 43.1 Å². The molecule has 67 heavy (non-hydrogen) atoms. The van der Waals surface area contributed by atoms with E-state index in [1.165, 1.54) is 25.4 Å². The fraction of sp³-hybridized carbons (Fsp3) is 0.333. The van der Waals surface area contributed by atoms with Crippen molar-refractivity contribution < 1.29 is 51.1 Å². The monoisotopic (exact) mass is 945 g/mol. The van der Waals surface area contributed by atoms with Gasteiger partial charge in [-0.05, 0) is 79.8 Å². The van der Waals surface area contributed by atoms with Gasteiger partial charge < -0.3 is 43.9 Å². The van der Waals surface area contributed by atoms with Gasteiger partial charge in [-0.2, -0.15) is 13.2 Å². The van der Waals surface area contributed by atoms with Crippen molar-refractivity contribution in [1.82, 2.24) is 14.9 Å². The number of hydrogen-bond acceptors (Lipinski definition) is 12. The third kappa shape index (κ3) is 9.86. The van der Waals surface area contributed by atoms with Gasteiger partial charge in [-0.15, -0.1) is 0 Å². The number of nitrogens with one attached hydrogen (secondary N) is 2. The summed E-state index contributed by atoms with van der Waals surface area (Å²) in [5, 5.41) is 14.6. The third-order valence-corrected chi connectivity index (χ3v) is 12.4. The molecule has 0 saturated carbocycles. The second-order valence-electron chi connectivity index (χ2n) is 16.7. The van der Waals surface area contributed by atoms with Crippen molar-refractivity contribution in [2.45, 2.75) is 58.9 Å². The number of aliphatic imine (C=N–C) groups is 1. The average Bonchev–Trinajstić information content (AvgIpc) is 3.48. The maximum absolute atomic E-state index is 18.0. The summed E-state index contributed by atoms with van der Waals surface area (Å²) in [7, 11) is 3.09. The van der Waals surface area contributed by atoms with Gasteiger partial charge in [0.25, 0.3) is 0 Å². The Morgan fingerprint density at radius 3 is 2.27 bits per heavy atom. The molecule has 3 aliphatic rings.